The van der Waals surface area contributed by atoms with E-state index in [1.165, 1.54) is 12.8 Å². The number of nitrogens with two attached hydrogens (primary N) is 1. The average molecular weight is 311 g/mol. The lowest BCUT2D eigenvalue weighted by molar-refractivity contribution is 0.0499. The van der Waals surface area contributed by atoms with Crippen molar-refractivity contribution in [2.24, 2.45) is 11.7 Å². The van der Waals surface area contributed by atoms with E-state index in [9.17, 15) is 0 Å². The van der Waals surface area contributed by atoms with Gasteiger partial charge in [-0.05, 0) is 50.6 Å². The Kier molecular flexibility index (Phi) is 5.18. The number of benzene rings is 1. The summed E-state index contributed by atoms with van der Waals surface area (Å²) in [4.78, 5) is 2.31. The standard InChI is InChI=1S/C17H27ClN2O/c1-12-6-5-9-17(11-12,20(2)3)16(19)13-7-8-14(18)15(10-13)21-4/h7-8,10,12,16H,5-6,9,11,19H2,1-4H3. The molecule has 2 rings (SSSR count). The minimum Gasteiger partial charge on any atom is -0.495 e. The molecule has 3 nitrogen and oxygen atoms in total. The fourth-order valence-electron chi connectivity index (χ4n) is 3.71. The van der Waals surface area contributed by atoms with Crippen LogP contribution in [0.25, 0.3) is 0 Å². The molecule has 1 aliphatic carbocycles. The van der Waals surface area contributed by atoms with Gasteiger partial charge in [-0.1, -0.05) is 37.4 Å². The van der Waals surface area contributed by atoms with Crippen LogP contribution in [-0.2, 0) is 0 Å². The summed E-state index contributed by atoms with van der Waals surface area (Å²) in [6.45, 7) is 2.33. The van der Waals surface area contributed by atoms with Crippen molar-refractivity contribution in [1.82, 2.24) is 4.90 Å². The second-order valence-corrected chi connectivity index (χ2v) is 6.98. The molecule has 3 atom stereocenters. The molecule has 0 radical (unpaired) electrons. The molecule has 0 spiro atoms. The van der Waals surface area contributed by atoms with Crippen molar-refractivity contribution >= 4 is 11.6 Å². The van der Waals surface area contributed by atoms with Gasteiger partial charge in [0.25, 0.3) is 0 Å². The number of hydrogen-bond donors (Lipinski definition) is 1. The van der Waals surface area contributed by atoms with E-state index in [0.29, 0.717) is 16.7 Å². The van der Waals surface area contributed by atoms with E-state index in [1.807, 2.05) is 18.2 Å². The van der Waals surface area contributed by atoms with Crippen LogP contribution in [0.5, 0.6) is 5.75 Å². The van der Waals surface area contributed by atoms with E-state index in [0.717, 1.165) is 18.4 Å². The zero-order valence-electron chi connectivity index (χ0n) is 13.5. The van der Waals surface area contributed by atoms with Crippen LogP contribution in [0, 0.1) is 5.92 Å². The molecule has 2 N–H and O–H groups in total. The number of nitrogens with zero attached hydrogens (tertiary/aromatic N) is 1. The molecule has 1 aromatic carbocycles. The van der Waals surface area contributed by atoms with Gasteiger partial charge in [-0.15, -0.1) is 0 Å². The Labute approximate surface area is 133 Å². The van der Waals surface area contributed by atoms with Gasteiger partial charge in [-0.3, -0.25) is 0 Å². The summed E-state index contributed by atoms with van der Waals surface area (Å²) in [5.74, 6) is 1.41. The minimum absolute atomic E-state index is 0.0104. The SMILES string of the molecule is COc1cc(C(N)C2(N(C)C)CCCC(C)C2)ccc1Cl. The number of ether oxygens (including phenoxy) is 1. The Balaban J connectivity index is 2.36. The Bertz CT molecular complexity index is 492. The van der Waals surface area contributed by atoms with Gasteiger partial charge in [0, 0.05) is 11.6 Å². The van der Waals surface area contributed by atoms with Crippen LogP contribution in [0.1, 0.15) is 44.2 Å². The van der Waals surface area contributed by atoms with Crippen LogP contribution in [0.4, 0.5) is 0 Å². The van der Waals surface area contributed by atoms with Crippen molar-refractivity contribution in [1.29, 1.82) is 0 Å². The minimum atomic E-state index is -0.0404. The van der Waals surface area contributed by atoms with Crippen molar-refractivity contribution in [3.05, 3.63) is 28.8 Å². The largest absolute Gasteiger partial charge is 0.495 e. The first-order valence-electron chi connectivity index (χ1n) is 7.67. The van der Waals surface area contributed by atoms with Gasteiger partial charge in [-0.25, -0.2) is 0 Å². The monoisotopic (exact) mass is 310 g/mol. The van der Waals surface area contributed by atoms with Gasteiger partial charge in [0.15, 0.2) is 0 Å². The summed E-state index contributed by atoms with van der Waals surface area (Å²) in [6, 6.07) is 5.85. The third kappa shape index (κ3) is 3.20. The molecular formula is C17H27ClN2O. The van der Waals surface area contributed by atoms with Crippen LogP contribution < -0.4 is 10.5 Å². The van der Waals surface area contributed by atoms with Crippen molar-refractivity contribution in [2.75, 3.05) is 21.2 Å². The van der Waals surface area contributed by atoms with Gasteiger partial charge in [-0.2, -0.15) is 0 Å². The molecular weight excluding hydrogens is 284 g/mol. The fourth-order valence-corrected chi connectivity index (χ4v) is 3.91. The summed E-state index contributed by atoms with van der Waals surface area (Å²) in [5.41, 5.74) is 7.81. The second kappa shape index (κ2) is 6.55. The quantitative estimate of drug-likeness (QED) is 0.917. The fraction of sp³-hybridized carbons (Fsp3) is 0.647. The van der Waals surface area contributed by atoms with Crippen molar-refractivity contribution in [3.63, 3.8) is 0 Å². The zero-order valence-corrected chi connectivity index (χ0v) is 14.3. The Morgan fingerprint density at radius 2 is 2.14 bits per heavy atom. The molecule has 0 bridgehead atoms. The number of likely N-dealkylation sites (N-methyl/N-ethyl adjacent to an activating group) is 1. The lowest BCUT2D eigenvalue weighted by Crippen LogP contribution is -2.54. The molecule has 4 heteroatoms. The third-order valence-electron chi connectivity index (χ3n) is 5.01. The normalized spacial score (nSPS) is 27.7. The molecule has 0 heterocycles. The topological polar surface area (TPSA) is 38.5 Å². The molecule has 0 saturated heterocycles. The summed E-state index contributed by atoms with van der Waals surface area (Å²) in [5, 5.41) is 0.629. The van der Waals surface area contributed by atoms with Crippen LogP contribution in [0.3, 0.4) is 0 Å². The van der Waals surface area contributed by atoms with Gasteiger partial charge in [0.2, 0.25) is 0 Å². The van der Waals surface area contributed by atoms with Crippen LogP contribution in [0.15, 0.2) is 18.2 Å². The van der Waals surface area contributed by atoms with Gasteiger partial charge < -0.3 is 15.4 Å². The summed E-state index contributed by atoms with van der Waals surface area (Å²) in [6.07, 6.45) is 4.80. The number of halogens is 1. The van der Waals surface area contributed by atoms with E-state index in [-0.39, 0.29) is 11.6 Å². The maximum absolute atomic E-state index is 6.70. The summed E-state index contributed by atoms with van der Waals surface area (Å²) in [7, 11) is 5.93. The van der Waals surface area contributed by atoms with Crippen molar-refractivity contribution in [2.45, 2.75) is 44.2 Å². The lowest BCUT2D eigenvalue weighted by Gasteiger charge is -2.49. The summed E-state index contributed by atoms with van der Waals surface area (Å²) < 4.78 is 5.34. The predicted molar refractivity (Wildman–Crippen MR) is 89.0 cm³/mol. The molecule has 21 heavy (non-hydrogen) atoms. The average Bonchev–Trinajstić information content (AvgIpc) is 2.46. The van der Waals surface area contributed by atoms with Crippen LogP contribution in [-0.4, -0.2) is 31.6 Å². The van der Waals surface area contributed by atoms with E-state index in [2.05, 4.69) is 25.9 Å². The van der Waals surface area contributed by atoms with Gasteiger partial charge in [0.05, 0.1) is 12.1 Å². The van der Waals surface area contributed by atoms with E-state index in [1.54, 1.807) is 7.11 Å². The van der Waals surface area contributed by atoms with E-state index in [4.69, 9.17) is 22.1 Å². The van der Waals surface area contributed by atoms with E-state index >= 15 is 0 Å². The maximum Gasteiger partial charge on any atom is 0.137 e. The second-order valence-electron chi connectivity index (χ2n) is 6.57. The summed E-state index contributed by atoms with van der Waals surface area (Å²) >= 11 is 6.13. The molecule has 118 valence electrons. The van der Waals surface area contributed by atoms with Crippen molar-refractivity contribution < 1.29 is 4.74 Å². The predicted octanol–water partition coefficient (Wildman–Crippen LogP) is 3.86. The zero-order chi connectivity index (χ0) is 15.6. The highest BCUT2D eigenvalue weighted by Crippen LogP contribution is 2.43. The van der Waals surface area contributed by atoms with Crippen LogP contribution >= 0.6 is 11.6 Å². The van der Waals surface area contributed by atoms with Gasteiger partial charge in [0.1, 0.15) is 5.75 Å². The number of hydrogen-bond acceptors (Lipinski definition) is 3. The first kappa shape index (κ1) is 16.6. The Hall–Kier alpha value is -0.770. The number of methoxy groups -OCH3 is 1. The molecule has 3 unspecified atom stereocenters. The van der Waals surface area contributed by atoms with Crippen molar-refractivity contribution in [3.8, 4) is 5.75 Å². The maximum atomic E-state index is 6.70. The Morgan fingerprint density at radius 3 is 2.71 bits per heavy atom. The Morgan fingerprint density at radius 1 is 1.43 bits per heavy atom. The molecule has 0 aliphatic heterocycles. The van der Waals surface area contributed by atoms with E-state index < -0.39 is 0 Å². The number of rotatable bonds is 4. The molecule has 1 aliphatic rings. The molecule has 1 saturated carbocycles. The highest BCUT2D eigenvalue weighted by Gasteiger charge is 2.42. The lowest BCUT2D eigenvalue weighted by atomic mass is 9.70. The molecule has 1 fully saturated rings. The van der Waals surface area contributed by atoms with Gasteiger partial charge >= 0.3 is 0 Å². The highest BCUT2D eigenvalue weighted by atomic mass is 35.5. The highest BCUT2D eigenvalue weighted by molar-refractivity contribution is 6.32. The molecule has 0 aromatic heterocycles. The first-order valence-corrected chi connectivity index (χ1v) is 8.05. The first-order chi connectivity index (χ1) is 9.90. The molecule has 1 aromatic rings. The molecule has 0 amide bonds. The van der Waals surface area contributed by atoms with Crippen LogP contribution in [0.2, 0.25) is 5.02 Å². The smallest absolute Gasteiger partial charge is 0.137 e. The third-order valence-corrected chi connectivity index (χ3v) is 5.32.